The van der Waals surface area contributed by atoms with Crippen LogP contribution in [0, 0.1) is 5.92 Å². The molecule has 0 bridgehead atoms. The number of benzene rings is 1. The molecule has 0 spiro atoms. The first kappa shape index (κ1) is 12.0. The highest BCUT2D eigenvalue weighted by Crippen LogP contribution is 2.30. The maximum absolute atomic E-state index is 11.1. The number of aliphatic carboxylic acids is 1. The number of carbonyl (C=O) groups is 1. The molecule has 0 aliphatic carbocycles. The topological polar surface area (TPSA) is 40.5 Å². The van der Waals surface area contributed by atoms with Crippen molar-refractivity contribution >= 4 is 11.7 Å². The Morgan fingerprint density at radius 2 is 2.06 bits per heavy atom. The second-order valence-electron chi connectivity index (χ2n) is 4.79. The molecule has 3 nitrogen and oxygen atoms in total. The van der Waals surface area contributed by atoms with Crippen LogP contribution >= 0.6 is 0 Å². The Morgan fingerprint density at radius 3 is 2.76 bits per heavy atom. The third-order valence-electron chi connectivity index (χ3n) is 3.75. The Labute approximate surface area is 102 Å². The van der Waals surface area contributed by atoms with Gasteiger partial charge in [0.15, 0.2) is 0 Å². The summed E-state index contributed by atoms with van der Waals surface area (Å²) in [6, 6.07) is 8.34. The van der Waals surface area contributed by atoms with Crippen LogP contribution in [0.5, 0.6) is 0 Å². The monoisotopic (exact) mass is 233 g/mol. The molecule has 1 aromatic rings. The number of anilines is 1. The van der Waals surface area contributed by atoms with E-state index >= 15 is 0 Å². The van der Waals surface area contributed by atoms with Crippen LogP contribution in [0.2, 0.25) is 0 Å². The van der Waals surface area contributed by atoms with Gasteiger partial charge < -0.3 is 10.0 Å². The van der Waals surface area contributed by atoms with E-state index in [1.54, 1.807) is 6.92 Å². The van der Waals surface area contributed by atoms with Gasteiger partial charge in [-0.05, 0) is 38.3 Å². The van der Waals surface area contributed by atoms with Gasteiger partial charge in [0, 0.05) is 18.3 Å². The predicted molar refractivity (Wildman–Crippen MR) is 68.4 cm³/mol. The van der Waals surface area contributed by atoms with E-state index in [2.05, 4.69) is 17.0 Å². The molecule has 1 aromatic carbocycles. The SMILES string of the molecule is CC(C(=O)O)C(C)N1CCCc2ccccc21. The lowest BCUT2D eigenvalue weighted by Crippen LogP contribution is -2.43. The molecule has 0 aromatic heterocycles. The average Bonchev–Trinajstić information content (AvgIpc) is 2.36. The zero-order valence-electron chi connectivity index (χ0n) is 10.4. The first-order valence-electron chi connectivity index (χ1n) is 6.18. The number of aryl methyl sites for hydroxylation is 1. The Balaban J connectivity index is 2.26. The highest BCUT2D eigenvalue weighted by atomic mass is 16.4. The van der Waals surface area contributed by atoms with Crippen molar-refractivity contribution in [2.75, 3.05) is 11.4 Å². The second kappa shape index (κ2) is 4.78. The lowest BCUT2D eigenvalue weighted by Gasteiger charge is -2.38. The molecule has 0 amide bonds. The quantitative estimate of drug-likeness (QED) is 0.872. The number of hydrogen-bond acceptors (Lipinski definition) is 2. The van der Waals surface area contributed by atoms with Gasteiger partial charge >= 0.3 is 5.97 Å². The van der Waals surface area contributed by atoms with Gasteiger partial charge in [-0.3, -0.25) is 4.79 Å². The standard InChI is InChI=1S/C14H19NO2/c1-10(14(16)17)11(2)15-9-5-7-12-6-3-4-8-13(12)15/h3-4,6,8,10-11H,5,7,9H2,1-2H3,(H,16,17). The van der Waals surface area contributed by atoms with Crippen LogP contribution in [-0.2, 0) is 11.2 Å². The summed E-state index contributed by atoms with van der Waals surface area (Å²) in [5, 5.41) is 9.10. The van der Waals surface area contributed by atoms with Crippen LogP contribution in [-0.4, -0.2) is 23.7 Å². The number of nitrogens with zero attached hydrogens (tertiary/aromatic N) is 1. The highest BCUT2D eigenvalue weighted by Gasteiger charge is 2.28. The fraction of sp³-hybridized carbons (Fsp3) is 0.500. The first-order chi connectivity index (χ1) is 8.11. The largest absolute Gasteiger partial charge is 0.481 e. The summed E-state index contributed by atoms with van der Waals surface area (Å²) < 4.78 is 0. The second-order valence-corrected chi connectivity index (χ2v) is 4.79. The minimum absolute atomic E-state index is 0.0361. The minimum Gasteiger partial charge on any atom is -0.481 e. The molecule has 1 N–H and O–H groups in total. The summed E-state index contributed by atoms with van der Waals surface area (Å²) in [6.07, 6.45) is 2.20. The first-order valence-corrected chi connectivity index (χ1v) is 6.18. The van der Waals surface area contributed by atoms with Crippen molar-refractivity contribution in [1.82, 2.24) is 0 Å². The summed E-state index contributed by atoms with van der Waals surface area (Å²) in [5.74, 6) is -1.07. The van der Waals surface area contributed by atoms with Gasteiger partial charge in [-0.2, -0.15) is 0 Å². The number of para-hydroxylation sites is 1. The van der Waals surface area contributed by atoms with E-state index in [9.17, 15) is 4.79 Å². The maximum atomic E-state index is 11.1. The molecule has 1 heterocycles. The van der Waals surface area contributed by atoms with Gasteiger partial charge in [-0.25, -0.2) is 0 Å². The van der Waals surface area contributed by atoms with Crippen LogP contribution in [0.1, 0.15) is 25.8 Å². The van der Waals surface area contributed by atoms with Crippen LogP contribution in [0.15, 0.2) is 24.3 Å². The Kier molecular flexibility index (Phi) is 3.36. The lowest BCUT2D eigenvalue weighted by molar-refractivity contribution is -0.141. The molecule has 2 unspecified atom stereocenters. The zero-order valence-corrected chi connectivity index (χ0v) is 10.4. The van der Waals surface area contributed by atoms with Crippen LogP contribution in [0.3, 0.4) is 0 Å². The number of hydrogen-bond donors (Lipinski definition) is 1. The van der Waals surface area contributed by atoms with Crippen molar-refractivity contribution < 1.29 is 9.90 Å². The summed E-state index contributed by atoms with van der Waals surface area (Å²) in [5.41, 5.74) is 2.54. The number of rotatable bonds is 3. The maximum Gasteiger partial charge on any atom is 0.308 e. The molecule has 1 aliphatic heterocycles. The molecule has 1 aliphatic rings. The van der Waals surface area contributed by atoms with E-state index in [0.717, 1.165) is 19.4 Å². The Hall–Kier alpha value is -1.51. The van der Waals surface area contributed by atoms with Crippen molar-refractivity contribution in [2.45, 2.75) is 32.7 Å². The normalized spacial score (nSPS) is 18.4. The Bertz CT molecular complexity index is 416. The molecule has 2 atom stereocenters. The predicted octanol–water partition coefficient (Wildman–Crippen LogP) is 2.55. The third kappa shape index (κ3) is 2.28. The van der Waals surface area contributed by atoms with Crippen LogP contribution < -0.4 is 4.90 Å². The molecule has 0 saturated heterocycles. The van der Waals surface area contributed by atoms with Crippen LogP contribution in [0.4, 0.5) is 5.69 Å². The average molecular weight is 233 g/mol. The molecule has 3 heteroatoms. The molecule has 0 saturated carbocycles. The number of carboxylic acid groups (broad SMARTS) is 1. The van der Waals surface area contributed by atoms with Crippen molar-refractivity contribution in [3.8, 4) is 0 Å². The van der Waals surface area contributed by atoms with Gasteiger partial charge in [0.05, 0.1) is 5.92 Å². The number of fused-ring (bicyclic) bond motifs is 1. The molecule has 0 radical (unpaired) electrons. The fourth-order valence-electron chi connectivity index (χ4n) is 2.46. The van der Waals surface area contributed by atoms with Crippen molar-refractivity contribution in [1.29, 1.82) is 0 Å². The summed E-state index contributed by atoms with van der Waals surface area (Å²) >= 11 is 0. The van der Waals surface area contributed by atoms with Gasteiger partial charge in [0.25, 0.3) is 0 Å². The van der Waals surface area contributed by atoms with Crippen molar-refractivity contribution in [3.63, 3.8) is 0 Å². The lowest BCUT2D eigenvalue weighted by atomic mass is 9.95. The van der Waals surface area contributed by atoms with Crippen molar-refractivity contribution in [2.24, 2.45) is 5.92 Å². The molecule has 17 heavy (non-hydrogen) atoms. The molecular formula is C14H19NO2. The molecular weight excluding hydrogens is 214 g/mol. The summed E-state index contributed by atoms with van der Waals surface area (Å²) in [4.78, 5) is 13.3. The van der Waals surface area contributed by atoms with E-state index in [1.807, 2.05) is 19.1 Å². The third-order valence-corrected chi connectivity index (χ3v) is 3.75. The van der Waals surface area contributed by atoms with Crippen LogP contribution in [0.25, 0.3) is 0 Å². The summed E-state index contributed by atoms with van der Waals surface area (Å²) in [6.45, 7) is 4.74. The van der Waals surface area contributed by atoms with Gasteiger partial charge in [-0.1, -0.05) is 18.2 Å². The fourth-order valence-corrected chi connectivity index (χ4v) is 2.46. The molecule has 2 rings (SSSR count). The number of carboxylic acids is 1. The van der Waals surface area contributed by atoms with E-state index in [4.69, 9.17) is 5.11 Å². The van der Waals surface area contributed by atoms with Gasteiger partial charge in [0.2, 0.25) is 0 Å². The Morgan fingerprint density at radius 1 is 1.35 bits per heavy atom. The highest BCUT2D eigenvalue weighted by molar-refractivity contribution is 5.71. The van der Waals surface area contributed by atoms with E-state index in [0.29, 0.717) is 0 Å². The van der Waals surface area contributed by atoms with Gasteiger partial charge in [-0.15, -0.1) is 0 Å². The molecule has 92 valence electrons. The van der Waals surface area contributed by atoms with E-state index in [1.165, 1.54) is 11.3 Å². The van der Waals surface area contributed by atoms with E-state index < -0.39 is 5.97 Å². The molecule has 0 fully saturated rings. The smallest absolute Gasteiger partial charge is 0.308 e. The summed E-state index contributed by atoms with van der Waals surface area (Å²) in [7, 11) is 0. The van der Waals surface area contributed by atoms with E-state index in [-0.39, 0.29) is 12.0 Å². The van der Waals surface area contributed by atoms with Gasteiger partial charge in [0.1, 0.15) is 0 Å². The zero-order chi connectivity index (χ0) is 12.4. The van der Waals surface area contributed by atoms with Crippen molar-refractivity contribution in [3.05, 3.63) is 29.8 Å². The minimum atomic E-state index is -0.722.